The van der Waals surface area contributed by atoms with Gasteiger partial charge < -0.3 is 14.8 Å². The molecule has 1 aromatic rings. The lowest BCUT2D eigenvalue weighted by Crippen LogP contribution is -2.22. The summed E-state index contributed by atoms with van der Waals surface area (Å²) < 4.78 is 10.2. The number of hydrogen-bond donors (Lipinski definition) is 1. The Kier molecular flexibility index (Phi) is 4.95. The van der Waals surface area contributed by atoms with Crippen LogP contribution in [0.3, 0.4) is 0 Å². The largest absolute Gasteiger partial charge is 0.461 e. The molecule has 0 amide bonds. The zero-order chi connectivity index (χ0) is 12.8. The van der Waals surface area contributed by atoms with Crippen molar-refractivity contribution in [3.05, 3.63) is 11.1 Å². The number of nitrogens with one attached hydrogen (secondary N) is 1. The average molecular weight is 270 g/mol. The van der Waals surface area contributed by atoms with Gasteiger partial charge in [-0.15, -0.1) is 11.3 Å². The number of esters is 1. The van der Waals surface area contributed by atoms with E-state index in [1.165, 1.54) is 11.3 Å². The molecule has 5 nitrogen and oxygen atoms in total. The number of thiazole rings is 1. The van der Waals surface area contributed by atoms with Crippen molar-refractivity contribution in [2.24, 2.45) is 5.92 Å². The highest BCUT2D eigenvalue weighted by Crippen LogP contribution is 2.19. The Bertz CT molecular complexity index is 388. The van der Waals surface area contributed by atoms with E-state index in [2.05, 4.69) is 10.3 Å². The number of hydrogen-bond acceptors (Lipinski definition) is 6. The van der Waals surface area contributed by atoms with Crippen LogP contribution in [0.15, 0.2) is 5.38 Å². The standard InChI is InChI=1S/C12H18N2O3S/c1-2-17-11(15)10-8-18-12(14-10)13-7-9-3-5-16-6-4-9/h8-9H,2-7H2,1H3,(H,13,14). The van der Waals surface area contributed by atoms with Crippen molar-refractivity contribution >= 4 is 22.4 Å². The highest BCUT2D eigenvalue weighted by molar-refractivity contribution is 7.13. The van der Waals surface area contributed by atoms with Crippen molar-refractivity contribution in [3.63, 3.8) is 0 Å². The Balaban J connectivity index is 1.80. The molecule has 0 atom stereocenters. The lowest BCUT2D eigenvalue weighted by Gasteiger charge is -2.21. The Hall–Kier alpha value is -1.14. The smallest absolute Gasteiger partial charge is 0.357 e. The Morgan fingerprint density at radius 1 is 1.61 bits per heavy atom. The number of nitrogens with zero attached hydrogens (tertiary/aromatic N) is 1. The van der Waals surface area contributed by atoms with Crippen LogP contribution < -0.4 is 5.32 Å². The van der Waals surface area contributed by atoms with Crippen LogP contribution in [0.5, 0.6) is 0 Å². The zero-order valence-electron chi connectivity index (χ0n) is 10.5. The van der Waals surface area contributed by atoms with Gasteiger partial charge in [-0.25, -0.2) is 9.78 Å². The molecule has 1 fully saturated rings. The molecule has 1 saturated heterocycles. The molecule has 0 saturated carbocycles. The SMILES string of the molecule is CCOC(=O)c1csc(NCC2CCOCC2)n1. The summed E-state index contributed by atoms with van der Waals surface area (Å²) in [5.74, 6) is 0.279. The van der Waals surface area contributed by atoms with E-state index in [0.717, 1.165) is 37.7 Å². The normalized spacial score (nSPS) is 16.5. The maximum Gasteiger partial charge on any atom is 0.357 e. The molecule has 1 aromatic heterocycles. The third kappa shape index (κ3) is 3.68. The summed E-state index contributed by atoms with van der Waals surface area (Å²) in [4.78, 5) is 15.7. The number of aromatic nitrogens is 1. The fourth-order valence-electron chi connectivity index (χ4n) is 1.84. The van der Waals surface area contributed by atoms with Crippen molar-refractivity contribution < 1.29 is 14.3 Å². The van der Waals surface area contributed by atoms with Gasteiger partial charge in [-0.05, 0) is 25.7 Å². The van der Waals surface area contributed by atoms with Crippen LogP contribution in [0.1, 0.15) is 30.3 Å². The second-order valence-corrected chi connectivity index (χ2v) is 5.05. The molecular formula is C12H18N2O3S. The minimum absolute atomic E-state index is 0.354. The van der Waals surface area contributed by atoms with Gasteiger partial charge in [0.2, 0.25) is 0 Å². The van der Waals surface area contributed by atoms with E-state index in [0.29, 0.717) is 18.2 Å². The van der Waals surface area contributed by atoms with Crippen LogP contribution in [0.2, 0.25) is 0 Å². The summed E-state index contributed by atoms with van der Waals surface area (Å²) >= 11 is 1.44. The summed E-state index contributed by atoms with van der Waals surface area (Å²) in [6.07, 6.45) is 2.17. The van der Waals surface area contributed by atoms with Gasteiger partial charge in [-0.3, -0.25) is 0 Å². The molecule has 1 N–H and O–H groups in total. The molecule has 0 bridgehead atoms. The van der Waals surface area contributed by atoms with E-state index in [1.54, 1.807) is 12.3 Å². The summed E-state index contributed by atoms with van der Waals surface area (Å²) in [5.41, 5.74) is 0.385. The quantitative estimate of drug-likeness (QED) is 0.831. The van der Waals surface area contributed by atoms with E-state index < -0.39 is 0 Å². The predicted octanol–water partition coefficient (Wildman–Crippen LogP) is 2.16. The van der Waals surface area contributed by atoms with Gasteiger partial charge in [0.15, 0.2) is 10.8 Å². The second kappa shape index (κ2) is 6.70. The highest BCUT2D eigenvalue weighted by atomic mass is 32.1. The molecule has 1 aliphatic rings. The molecular weight excluding hydrogens is 252 g/mol. The van der Waals surface area contributed by atoms with Gasteiger partial charge in [-0.1, -0.05) is 0 Å². The summed E-state index contributed by atoms with van der Waals surface area (Å²) in [6, 6.07) is 0. The second-order valence-electron chi connectivity index (χ2n) is 4.20. The first-order chi connectivity index (χ1) is 8.79. The van der Waals surface area contributed by atoms with Gasteiger partial charge in [0.1, 0.15) is 0 Å². The number of carbonyl (C=O) groups excluding carboxylic acids is 1. The highest BCUT2D eigenvalue weighted by Gasteiger charge is 2.15. The van der Waals surface area contributed by atoms with E-state index in [9.17, 15) is 4.79 Å². The zero-order valence-corrected chi connectivity index (χ0v) is 11.3. The van der Waals surface area contributed by atoms with E-state index in [-0.39, 0.29) is 5.97 Å². The lowest BCUT2D eigenvalue weighted by molar-refractivity contribution is 0.0520. The van der Waals surface area contributed by atoms with Crippen LogP contribution in [0, 0.1) is 5.92 Å². The molecule has 2 heterocycles. The number of anilines is 1. The van der Waals surface area contributed by atoms with Crippen LogP contribution >= 0.6 is 11.3 Å². The van der Waals surface area contributed by atoms with E-state index in [1.807, 2.05) is 0 Å². The third-order valence-corrected chi connectivity index (χ3v) is 3.67. The topological polar surface area (TPSA) is 60.5 Å². The minimum atomic E-state index is -0.354. The summed E-state index contributed by atoms with van der Waals surface area (Å²) in [7, 11) is 0. The molecule has 6 heteroatoms. The van der Waals surface area contributed by atoms with Crippen molar-refractivity contribution in [1.82, 2.24) is 4.98 Å². The van der Waals surface area contributed by atoms with E-state index in [4.69, 9.17) is 9.47 Å². The van der Waals surface area contributed by atoms with E-state index >= 15 is 0 Å². The van der Waals surface area contributed by atoms with Crippen LogP contribution in [-0.2, 0) is 9.47 Å². The first-order valence-electron chi connectivity index (χ1n) is 6.24. The predicted molar refractivity (Wildman–Crippen MR) is 70.1 cm³/mol. The van der Waals surface area contributed by atoms with Crippen LogP contribution in [0.25, 0.3) is 0 Å². The first-order valence-corrected chi connectivity index (χ1v) is 7.12. The average Bonchev–Trinajstić information content (AvgIpc) is 2.87. The molecule has 18 heavy (non-hydrogen) atoms. The van der Waals surface area contributed by atoms with Crippen LogP contribution in [-0.4, -0.2) is 37.3 Å². The lowest BCUT2D eigenvalue weighted by atomic mass is 10.0. The Labute approximate surface area is 111 Å². The van der Waals surface area contributed by atoms with Gasteiger partial charge in [0, 0.05) is 25.1 Å². The van der Waals surface area contributed by atoms with Gasteiger partial charge in [0.05, 0.1) is 6.61 Å². The van der Waals surface area contributed by atoms with Gasteiger partial charge >= 0.3 is 5.97 Å². The fraction of sp³-hybridized carbons (Fsp3) is 0.667. The van der Waals surface area contributed by atoms with Crippen molar-refractivity contribution in [2.75, 3.05) is 31.7 Å². The molecule has 1 aliphatic heterocycles. The number of rotatable bonds is 5. The minimum Gasteiger partial charge on any atom is -0.461 e. The molecule has 0 spiro atoms. The Morgan fingerprint density at radius 2 is 2.39 bits per heavy atom. The molecule has 0 radical (unpaired) electrons. The first kappa shape index (κ1) is 13.3. The molecule has 0 aliphatic carbocycles. The molecule has 0 unspecified atom stereocenters. The third-order valence-electron chi connectivity index (χ3n) is 2.87. The monoisotopic (exact) mass is 270 g/mol. The van der Waals surface area contributed by atoms with Crippen LogP contribution in [0.4, 0.5) is 5.13 Å². The molecule has 100 valence electrons. The van der Waals surface area contributed by atoms with Crippen molar-refractivity contribution in [1.29, 1.82) is 0 Å². The molecule has 0 aromatic carbocycles. The molecule has 2 rings (SSSR count). The van der Waals surface area contributed by atoms with Crippen molar-refractivity contribution in [3.8, 4) is 0 Å². The van der Waals surface area contributed by atoms with Crippen molar-refractivity contribution in [2.45, 2.75) is 19.8 Å². The summed E-state index contributed by atoms with van der Waals surface area (Å²) in [5, 5.41) is 5.78. The summed E-state index contributed by atoms with van der Waals surface area (Å²) in [6.45, 7) is 4.74. The maximum atomic E-state index is 11.4. The fourth-order valence-corrected chi connectivity index (χ4v) is 2.53. The van der Waals surface area contributed by atoms with Gasteiger partial charge in [-0.2, -0.15) is 0 Å². The Morgan fingerprint density at radius 3 is 3.11 bits per heavy atom. The van der Waals surface area contributed by atoms with Gasteiger partial charge in [0.25, 0.3) is 0 Å². The number of carbonyl (C=O) groups is 1. The number of ether oxygens (including phenoxy) is 2. The maximum absolute atomic E-state index is 11.4.